The summed E-state index contributed by atoms with van der Waals surface area (Å²) in [5.41, 5.74) is 0. The second kappa shape index (κ2) is 11.6. The summed E-state index contributed by atoms with van der Waals surface area (Å²) >= 11 is 0. The fraction of sp³-hybridized carbons (Fsp3) is 0.833. The Morgan fingerprint density at radius 2 is 1.88 bits per heavy atom. The molecule has 0 radical (unpaired) electrons. The van der Waals surface area contributed by atoms with Gasteiger partial charge in [0.25, 0.3) is 0 Å². The minimum atomic E-state index is -0.752. The van der Waals surface area contributed by atoms with E-state index in [1.807, 2.05) is 6.92 Å². The largest absolute Gasteiger partial charge is 0.481 e. The zero-order valence-electron chi connectivity index (χ0n) is 14.5. The van der Waals surface area contributed by atoms with Crippen LogP contribution in [0, 0.1) is 0 Å². The molecule has 1 aliphatic heterocycles. The van der Waals surface area contributed by atoms with Crippen LogP contribution >= 0.6 is 0 Å². The van der Waals surface area contributed by atoms with Crippen LogP contribution < -0.4 is 0 Å². The van der Waals surface area contributed by atoms with Gasteiger partial charge >= 0.3 is 5.97 Å². The van der Waals surface area contributed by atoms with Gasteiger partial charge in [0.05, 0.1) is 24.4 Å². The van der Waals surface area contributed by atoms with E-state index in [-0.39, 0.29) is 12.5 Å². The average molecular weight is 344 g/mol. The van der Waals surface area contributed by atoms with Crippen molar-refractivity contribution in [2.45, 2.75) is 95.2 Å². The van der Waals surface area contributed by atoms with Crippen molar-refractivity contribution in [1.29, 1.82) is 0 Å². The molecule has 0 unspecified atom stereocenters. The molecule has 0 aliphatic carbocycles. The first-order chi connectivity index (χ1) is 11.4. The Balaban J connectivity index is 2.18. The molecule has 0 aromatic rings. The zero-order chi connectivity index (χ0) is 17.9. The number of ether oxygens (including phenoxy) is 1. The number of aliphatic hydroxyl groups is 3. The number of hydrogen-bond acceptors (Lipinski definition) is 5. The van der Waals surface area contributed by atoms with Crippen LogP contribution in [-0.4, -0.2) is 56.9 Å². The van der Waals surface area contributed by atoms with E-state index in [0.717, 1.165) is 25.7 Å². The molecule has 1 heterocycles. The Labute approximate surface area is 144 Å². The summed E-state index contributed by atoms with van der Waals surface area (Å²) in [5.74, 6) is -0.752. The quantitative estimate of drug-likeness (QED) is 0.319. The Hall–Kier alpha value is -0.950. The van der Waals surface area contributed by atoms with Crippen LogP contribution in [0.3, 0.4) is 0 Å². The fourth-order valence-electron chi connectivity index (χ4n) is 2.86. The predicted octanol–water partition coefficient (Wildman–Crippen LogP) is 2.01. The van der Waals surface area contributed by atoms with Crippen LogP contribution in [0.15, 0.2) is 12.2 Å². The van der Waals surface area contributed by atoms with Gasteiger partial charge in [0.15, 0.2) is 0 Å². The van der Waals surface area contributed by atoms with Crippen molar-refractivity contribution < 1.29 is 30.0 Å². The third-order valence-corrected chi connectivity index (χ3v) is 4.45. The number of aliphatic carboxylic acids is 1. The molecule has 140 valence electrons. The topological polar surface area (TPSA) is 107 Å². The first-order valence-electron chi connectivity index (χ1n) is 9.03. The number of hydrogen-bond donors (Lipinski definition) is 4. The van der Waals surface area contributed by atoms with Gasteiger partial charge in [-0.1, -0.05) is 44.8 Å². The highest BCUT2D eigenvalue weighted by atomic mass is 16.5. The van der Waals surface area contributed by atoms with Gasteiger partial charge in [-0.25, -0.2) is 0 Å². The molecule has 4 N–H and O–H groups in total. The smallest absolute Gasteiger partial charge is 0.303 e. The highest BCUT2D eigenvalue weighted by Gasteiger charge is 2.36. The molecule has 1 aliphatic rings. The lowest BCUT2D eigenvalue weighted by atomic mass is 10.0. The number of carbonyl (C=O) groups is 1. The van der Waals surface area contributed by atoms with Gasteiger partial charge in [0.2, 0.25) is 0 Å². The lowest BCUT2D eigenvalue weighted by Crippen LogP contribution is -2.26. The summed E-state index contributed by atoms with van der Waals surface area (Å²) < 4.78 is 5.69. The highest BCUT2D eigenvalue weighted by Crippen LogP contribution is 2.26. The molecule has 1 fully saturated rings. The molecular weight excluding hydrogens is 312 g/mol. The van der Waals surface area contributed by atoms with E-state index in [2.05, 4.69) is 0 Å². The maximum atomic E-state index is 10.4. The first-order valence-corrected chi connectivity index (χ1v) is 9.03. The molecule has 0 spiro atoms. The number of carboxylic acid groups (broad SMARTS) is 1. The Morgan fingerprint density at radius 1 is 1.21 bits per heavy atom. The third kappa shape index (κ3) is 8.24. The molecule has 0 amide bonds. The van der Waals surface area contributed by atoms with Crippen molar-refractivity contribution in [2.75, 3.05) is 0 Å². The molecule has 0 aromatic heterocycles. The van der Waals surface area contributed by atoms with Gasteiger partial charge in [0, 0.05) is 12.8 Å². The number of aliphatic hydroxyl groups excluding tert-OH is 3. The number of rotatable bonds is 12. The molecule has 1 saturated heterocycles. The van der Waals surface area contributed by atoms with Crippen molar-refractivity contribution in [3.05, 3.63) is 12.2 Å². The summed E-state index contributed by atoms with van der Waals surface area (Å²) in [6, 6.07) is 0. The van der Waals surface area contributed by atoms with Crippen LogP contribution in [0.1, 0.15) is 64.7 Å². The molecule has 0 aromatic carbocycles. The molecular formula is C18H32O6. The molecule has 5 atom stereocenters. The van der Waals surface area contributed by atoms with Crippen LogP contribution in [0.4, 0.5) is 0 Å². The van der Waals surface area contributed by atoms with Crippen LogP contribution in [-0.2, 0) is 9.53 Å². The van der Waals surface area contributed by atoms with E-state index >= 15 is 0 Å². The van der Waals surface area contributed by atoms with Gasteiger partial charge in [-0.3, -0.25) is 4.79 Å². The fourth-order valence-corrected chi connectivity index (χ4v) is 2.86. The summed E-state index contributed by atoms with van der Waals surface area (Å²) in [5, 5.41) is 38.2. The normalized spacial score (nSPS) is 26.8. The number of carboxylic acids is 1. The van der Waals surface area contributed by atoms with E-state index in [9.17, 15) is 20.1 Å². The first kappa shape index (κ1) is 21.1. The van der Waals surface area contributed by atoms with Gasteiger partial charge in [0.1, 0.15) is 6.10 Å². The van der Waals surface area contributed by atoms with Crippen molar-refractivity contribution in [3.63, 3.8) is 0 Å². The molecule has 6 heteroatoms. The SMILES string of the molecule is CC[C@@H](O)/C=C/[C@H]1O[C@@H]([C@@H](O)CCCCCCCC(=O)O)C[C@H]1O. The van der Waals surface area contributed by atoms with Gasteiger partial charge in [-0.2, -0.15) is 0 Å². The summed E-state index contributed by atoms with van der Waals surface area (Å²) in [7, 11) is 0. The Morgan fingerprint density at radius 3 is 2.54 bits per heavy atom. The van der Waals surface area contributed by atoms with Crippen LogP contribution in [0.5, 0.6) is 0 Å². The summed E-state index contributed by atoms with van der Waals surface area (Å²) in [6.07, 6.45) is 6.89. The minimum Gasteiger partial charge on any atom is -0.481 e. The monoisotopic (exact) mass is 344 g/mol. The van der Waals surface area contributed by atoms with Crippen molar-refractivity contribution in [3.8, 4) is 0 Å². The Kier molecular flexibility index (Phi) is 10.2. The van der Waals surface area contributed by atoms with Gasteiger partial charge < -0.3 is 25.2 Å². The maximum absolute atomic E-state index is 10.4. The predicted molar refractivity (Wildman–Crippen MR) is 90.7 cm³/mol. The van der Waals surface area contributed by atoms with E-state index < -0.39 is 30.4 Å². The van der Waals surface area contributed by atoms with Crippen molar-refractivity contribution >= 4 is 5.97 Å². The Bertz CT molecular complexity index is 384. The average Bonchev–Trinajstić information content (AvgIpc) is 2.92. The van der Waals surface area contributed by atoms with Crippen molar-refractivity contribution in [1.82, 2.24) is 0 Å². The molecule has 6 nitrogen and oxygen atoms in total. The molecule has 0 saturated carbocycles. The van der Waals surface area contributed by atoms with Gasteiger partial charge in [-0.05, 0) is 19.3 Å². The van der Waals surface area contributed by atoms with E-state index in [1.165, 1.54) is 0 Å². The minimum absolute atomic E-state index is 0.220. The molecule has 1 rings (SSSR count). The zero-order valence-corrected chi connectivity index (χ0v) is 14.5. The molecule has 0 bridgehead atoms. The maximum Gasteiger partial charge on any atom is 0.303 e. The van der Waals surface area contributed by atoms with E-state index in [1.54, 1.807) is 12.2 Å². The summed E-state index contributed by atoms with van der Waals surface area (Å²) in [6.45, 7) is 1.87. The van der Waals surface area contributed by atoms with Crippen LogP contribution in [0.25, 0.3) is 0 Å². The third-order valence-electron chi connectivity index (χ3n) is 4.45. The lowest BCUT2D eigenvalue weighted by molar-refractivity contribution is -0.137. The van der Waals surface area contributed by atoms with Gasteiger partial charge in [-0.15, -0.1) is 0 Å². The second-order valence-corrected chi connectivity index (χ2v) is 6.57. The standard InChI is InChI=1S/C18H32O6/c1-2-13(19)10-11-16-15(21)12-17(24-16)14(20)8-6-4-3-5-7-9-18(22)23/h10-11,13-17,19-21H,2-9,12H2,1H3,(H,22,23)/b11-10+/t13-,14+,15-,16-,17-/m1/s1. The molecule has 24 heavy (non-hydrogen) atoms. The van der Waals surface area contributed by atoms with E-state index in [4.69, 9.17) is 9.84 Å². The summed E-state index contributed by atoms with van der Waals surface area (Å²) in [4.78, 5) is 10.4. The van der Waals surface area contributed by atoms with E-state index in [0.29, 0.717) is 25.7 Å². The number of unbranched alkanes of at least 4 members (excludes halogenated alkanes) is 4. The highest BCUT2D eigenvalue weighted by molar-refractivity contribution is 5.66. The van der Waals surface area contributed by atoms with Crippen LogP contribution in [0.2, 0.25) is 0 Å². The van der Waals surface area contributed by atoms with Crippen molar-refractivity contribution in [2.24, 2.45) is 0 Å². The second-order valence-electron chi connectivity index (χ2n) is 6.57. The lowest BCUT2D eigenvalue weighted by Gasteiger charge is -2.18.